The van der Waals surface area contributed by atoms with Crippen LogP contribution in [0.4, 0.5) is 11.4 Å². The third kappa shape index (κ3) is 5.01. The van der Waals surface area contributed by atoms with Gasteiger partial charge in [0.1, 0.15) is 0 Å². The molecule has 0 saturated carbocycles. The minimum absolute atomic E-state index is 0.410. The molecule has 4 aromatic carbocycles. The first-order chi connectivity index (χ1) is 15.8. The van der Waals surface area contributed by atoms with Gasteiger partial charge in [-0.3, -0.25) is 0 Å². The maximum absolute atomic E-state index is 6.45. The predicted molar refractivity (Wildman–Crippen MR) is 141 cm³/mol. The van der Waals surface area contributed by atoms with E-state index in [1.807, 2.05) is 74.5 Å². The monoisotopic (exact) mass is 476 g/mol. The second-order valence-corrected chi connectivity index (χ2v) is 9.00. The molecule has 168 valence electrons. The zero-order chi connectivity index (χ0) is 23.5. The van der Waals surface area contributed by atoms with E-state index in [1.54, 1.807) is 0 Å². The SMILES string of the molecule is Cc1cc(COCc2cc(C)c(Cl)cc2-c2ccccc2N)c(-c2ccccc2N)cc1Cl. The van der Waals surface area contributed by atoms with Crippen molar-refractivity contribution >= 4 is 34.6 Å². The minimum Gasteiger partial charge on any atom is -0.398 e. The molecule has 0 spiro atoms. The van der Waals surface area contributed by atoms with Gasteiger partial charge in [0.25, 0.3) is 0 Å². The van der Waals surface area contributed by atoms with Gasteiger partial charge in [0, 0.05) is 32.5 Å². The van der Waals surface area contributed by atoms with Gasteiger partial charge in [-0.05, 0) is 71.5 Å². The zero-order valence-electron chi connectivity index (χ0n) is 18.7. The van der Waals surface area contributed by atoms with Gasteiger partial charge in [0.15, 0.2) is 0 Å². The molecule has 0 heterocycles. The highest BCUT2D eigenvalue weighted by Gasteiger charge is 2.14. The molecule has 4 aromatic rings. The molecule has 0 amide bonds. The number of halogens is 2. The van der Waals surface area contributed by atoms with Crippen molar-refractivity contribution in [2.45, 2.75) is 27.1 Å². The maximum Gasteiger partial charge on any atom is 0.0727 e. The van der Waals surface area contributed by atoms with Gasteiger partial charge in [0.05, 0.1) is 13.2 Å². The Morgan fingerprint density at radius 2 is 1.00 bits per heavy atom. The van der Waals surface area contributed by atoms with E-state index in [2.05, 4.69) is 12.1 Å². The number of benzene rings is 4. The number of rotatable bonds is 6. The highest BCUT2D eigenvalue weighted by molar-refractivity contribution is 6.32. The Morgan fingerprint density at radius 3 is 1.39 bits per heavy atom. The van der Waals surface area contributed by atoms with Crippen LogP contribution in [-0.4, -0.2) is 0 Å². The molecular weight excluding hydrogens is 451 g/mol. The van der Waals surface area contributed by atoms with Gasteiger partial charge in [-0.1, -0.05) is 71.7 Å². The van der Waals surface area contributed by atoms with E-state index in [0.717, 1.165) is 44.5 Å². The molecule has 0 saturated heterocycles. The number of nitrogens with two attached hydrogens (primary N) is 2. The van der Waals surface area contributed by atoms with E-state index in [9.17, 15) is 0 Å². The molecule has 0 aliphatic rings. The number of aryl methyl sites for hydroxylation is 2. The van der Waals surface area contributed by atoms with Gasteiger partial charge >= 0.3 is 0 Å². The van der Waals surface area contributed by atoms with Crippen LogP contribution in [0.15, 0.2) is 72.8 Å². The summed E-state index contributed by atoms with van der Waals surface area (Å²) < 4.78 is 6.23. The van der Waals surface area contributed by atoms with Crippen molar-refractivity contribution < 1.29 is 4.74 Å². The third-order valence-corrected chi connectivity index (χ3v) is 6.60. The van der Waals surface area contributed by atoms with Crippen LogP contribution >= 0.6 is 23.2 Å². The quantitative estimate of drug-likeness (QED) is 0.278. The van der Waals surface area contributed by atoms with Crippen molar-refractivity contribution in [3.8, 4) is 22.3 Å². The van der Waals surface area contributed by atoms with Crippen molar-refractivity contribution in [3.05, 3.63) is 105 Å². The summed E-state index contributed by atoms with van der Waals surface area (Å²) in [5.74, 6) is 0. The molecule has 3 nitrogen and oxygen atoms in total. The minimum atomic E-state index is 0.410. The Hall–Kier alpha value is -2.98. The van der Waals surface area contributed by atoms with E-state index in [1.165, 1.54) is 0 Å². The lowest BCUT2D eigenvalue weighted by atomic mass is 9.96. The number of nitrogen functional groups attached to an aromatic ring is 2. The van der Waals surface area contributed by atoms with E-state index in [0.29, 0.717) is 34.6 Å². The van der Waals surface area contributed by atoms with Crippen LogP contribution in [0.2, 0.25) is 10.0 Å². The van der Waals surface area contributed by atoms with Gasteiger partial charge in [-0.2, -0.15) is 0 Å². The average Bonchev–Trinajstić information content (AvgIpc) is 2.79. The van der Waals surface area contributed by atoms with Crippen molar-refractivity contribution in [2.24, 2.45) is 0 Å². The van der Waals surface area contributed by atoms with Crippen LogP contribution in [0.1, 0.15) is 22.3 Å². The zero-order valence-corrected chi connectivity index (χ0v) is 20.2. The number of anilines is 2. The molecular formula is C28H26Cl2N2O. The van der Waals surface area contributed by atoms with Gasteiger partial charge in [0.2, 0.25) is 0 Å². The van der Waals surface area contributed by atoms with Crippen LogP contribution in [0.3, 0.4) is 0 Å². The second-order valence-electron chi connectivity index (χ2n) is 8.18. The Morgan fingerprint density at radius 1 is 0.606 bits per heavy atom. The maximum atomic E-state index is 6.45. The summed E-state index contributed by atoms with van der Waals surface area (Å²) in [6, 6.07) is 23.6. The van der Waals surface area contributed by atoms with E-state index in [4.69, 9.17) is 39.4 Å². The first kappa shape index (κ1) is 23.2. The fourth-order valence-electron chi connectivity index (χ4n) is 3.98. The van der Waals surface area contributed by atoms with Crippen LogP contribution in [0, 0.1) is 13.8 Å². The molecule has 4 N–H and O–H groups in total. The number of ether oxygens (including phenoxy) is 1. The Labute approximate surface area is 204 Å². The van der Waals surface area contributed by atoms with Crippen molar-refractivity contribution in [3.63, 3.8) is 0 Å². The van der Waals surface area contributed by atoms with Gasteiger partial charge in [-0.25, -0.2) is 0 Å². The standard InChI is InChI=1S/C28H26Cl2N2O/c1-17-11-19(23(13-25(17)29)21-7-3-5-9-27(21)31)15-33-16-20-12-18(2)26(30)14-24(20)22-8-4-6-10-28(22)32/h3-14H,15-16,31-32H2,1-2H3. The lowest BCUT2D eigenvalue weighted by Crippen LogP contribution is -2.01. The largest absolute Gasteiger partial charge is 0.398 e. The van der Waals surface area contributed by atoms with Crippen LogP contribution in [-0.2, 0) is 18.0 Å². The first-order valence-corrected chi connectivity index (χ1v) is 11.5. The fraction of sp³-hybridized carbons (Fsp3) is 0.143. The second kappa shape index (κ2) is 9.88. The molecule has 0 unspecified atom stereocenters. The summed E-state index contributed by atoms with van der Waals surface area (Å²) in [6.07, 6.45) is 0. The molecule has 0 bridgehead atoms. The predicted octanol–water partition coefficient (Wildman–Crippen LogP) is 7.83. The molecule has 0 atom stereocenters. The highest BCUT2D eigenvalue weighted by Crippen LogP contribution is 2.35. The molecule has 0 aliphatic carbocycles. The van der Waals surface area contributed by atoms with Gasteiger partial charge in [-0.15, -0.1) is 0 Å². The summed E-state index contributed by atoms with van der Waals surface area (Å²) >= 11 is 12.9. The molecule has 0 fully saturated rings. The summed E-state index contributed by atoms with van der Waals surface area (Å²) in [5.41, 5.74) is 21.8. The average molecular weight is 477 g/mol. The Bertz CT molecular complexity index is 1220. The van der Waals surface area contributed by atoms with E-state index >= 15 is 0 Å². The third-order valence-electron chi connectivity index (χ3n) is 5.79. The van der Waals surface area contributed by atoms with Crippen molar-refractivity contribution in [1.82, 2.24) is 0 Å². The smallest absolute Gasteiger partial charge is 0.0727 e. The van der Waals surface area contributed by atoms with E-state index < -0.39 is 0 Å². The normalized spacial score (nSPS) is 11.0. The molecule has 5 heteroatoms. The summed E-state index contributed by atoms with van der Waals surface area (Å²) in [7, 11) is 0. The van der Waals surface area contributed by atoms with E-state index in [-0.39, 0.29) is 0 Å². The first-order valence-electron chi connectivity index (χ1n) is 10.7. The molecule has 4 rings (SSSR count). The number of para-hydroxylation sites is 2. The molecule has 33 heavy (non-hydrogen) atoms. The van der Waals surface area contributed by atoms with Crippen LogP contribution in [0.25, 0.3) is 22.3 Å². The van der Waals surface area contributed by atoms with Crippen molar-refractivity contribution in [2.75, 3.05) is 11.5 Å². The van der Waals surface area contributed by atoms with Gasteiger partial charge < -0.3 is 16.2 Å². The summed E-state index contributed by atoms with van der Waals surface area (Å²) in [4.78, 5) is 0. The Kier molecular flexibility index (Phi) is 6.94. The van der Waals surface area contributed by atoms with Crippen molar-refractivity contribution in [1.29, 1.82) is 0 Å². The molecule has 0 radical (unpaired) electrons. The number of hydrogen-bond donors (Lipinski definition) is 2. The molecule has 0 aliphatic heterocycles. The lowest BCUT2D eigenvalue weighted by Gasteiger charge is -2.17. The topological polar surface area (TPSA) is 61.3 Å². The summed E-state index contributed by atoms with van der Waals surface area (Å²) in [6.45, 7) is 4.80. The fourth-order valence-corrected chi connectivity index (χ4v) is 4.31. The van der Waals surface area contributed by atoms with Crippen LogP contribution < -0.4 is 11.5 Å². The molecule has 0 aromatic heterocycles. The highest BCUT2D eigenvalue weighted by atomic mass is 35.5. The lowest BCUT2D eigenvalue weighted by molar-refractivity contribution is 0.107. The Balaban J connectivity index is 1.65. The van der Waals surface area contributed by atoms with Crippen LogP contribution in [0.5, 0.6) is 0 Å². The summed E-state index contributed by atoms with van der Waals surface area (Å²) in [5, 5.41) is 1.40. The number of hydrogen-bond acceptors (Lipinski definition) is 3.